The average Bonchev–Trinajstić information content (AvgIpc) is 2.92. The molecular weight excluding hydrogens is 246 g/mol. The molecule has 0 fully saturated rings. The Morgan fingerprint density at radius 3 is 3.00 bits per heavy atom. The third-order valence-corrected chi connectivity index (χ3v) is 2.72. The Hall–Kier alpha value is -2.34. The van der Waals surface area contributed by atoms with Gasteiger partial charge in [0.25, 0.3) is 0 Å². The topological polar surface area (TPSA) is 76.5 Å². The minimum absolute atomic E-state index is 0.0515. The van der Waals surface area contributed by atoms with Crippen LogP contribution in [0.5, 0.6) is 11.5 Å². The molecule has 0 spiro atoms. The maximum atomic E-state index is 8.78. The molecule has 0 saturated carbocycles. The molecule has 0 saturated heterocycles. The molecule has 1 aromatic carbocycles. The molecule has 6 nitrogen and oxygen atoms in total. The van der Waals surface area contributed by atoms with Gasteiger partial charge in [-0.25, -0.2) is 4.98 Å². The summed E-state index contributed by atoms with van der Waals surface area (Å²) in [4.78, 5) is 8.55. The molecule has 0 unspecified atom stereocenters. The number of rotatable bonds is 4. The van der Waals surface area contributed by atoms with E-state index in [1.54, 1.807) is 12.4 Å². The fraction of sp³-hybridized carbons (Fsp3) is 0.231. The van der Waals surface area contributed by atoms with Crippen LogP contribution in [0.15, 0.2) is 30.6 Å². The number of aliphatic hydroxyl groups is 1. The number of aliphatic hydroxyl groups excluding tert-OH is 1. The minimum atomic E-state index is 0.0515. The Bertz CT molecular complexity index is 589. The molecule has 3 rings (SSSR count). The van der Waals surface area contributed by atoms with Gasteiger partial charge in [-0.1, -0.05) is 0 Å². The Morgan fingerprint density at radius 2 is 2.11 bits per heavy atom. The zero-order valence-corrected chi connectivity index (χ0v) is 10.2. The van der Waals surface area contributed by atoms with Crippen molar-refractivity contribution in [1.82, 2.24) is 9.97 Å². The summed E-state index contributed by atoms with van der Waals surface area (Å²) in [5.41, 5.74) is 1.64. The van der Waals surface area contributed by atoms with Crippen molar-refractivity contribution in [3.8, 4) is 22.8 Å². The second-order valence-corrected chi connectivity index (χ2v) is 4.01. The van der Waals surface area contributed by atoms with Crippen molar-refractivity contribution in [3.05, 3.63) is 30.6 Å². The lowest BCUT2D eigenvalue weighted by Crippen LogP contribution is -2.07. The number of fused-ring (bicyclic) bond motifs is 1. The number of hydrogen-bond donors (Lipinski definition) is 2. The summed E-state index contributed by atoms with van der Waals surface area (Å²) in [6, 6.07) is 5.64. The number of anilines is 1. The van der Waals surface area contributed by atoms with Crippen molar-refractivity contribution < 1.29 is 14.6 Å². The number of nitrogens with one attached hydrogen (secondary N) is 1. The summed E-state index contributed by atoms with van der Waals surface area (Å²) < 4.78 is 10.6. The third-order valence-electron chi connectivity index (χ3n) is 2.72. The number of benzene rings is 1. The molecule has 0 amide bonds. The van der Waals surface area contributed by atoms with Gasteiger partial charge in [0, 0.05) is 12.1 Å². The maximum absolute atomic E-state index is 8.78. The highest BCUT2D eigenvalue weighted by Gasteiger charge is 2.14. The van der Waals surface area contributed by atoms with E-state index in [1.807, 2.05) is 18.2 Å². The first-order chi connectivity index (χ1) is 9.36. The van der Waals surface area contributed by atoms with Crippen molar-refractivity contribution in [2.24, 2.45) is 0 Å². The van der Waals surface area contributed by atoms with Crippen molar-refractivity contribution in [2.75, 3.05) is 25.3 Å². The van der Waals surface area contributed by atoms with Crippen LogP contribution in [0.1, 0.15) is 0 Å². The lowest BCUT2D eigenvalue weighted by Gasteiger charge is -2.06. The Morgan fingerprint density at radius 1 is 1.21 bits per heavy atom. The molecule has 2 N–H and O–H groups in total. The molecule has 0 radical (unpaired) electrons. The van der Waals surface area contributed by atoms with E-state index in [4.69, 9.17) is 14.6 Å². The van der Waals surface area contributed by atoms with E-state index in [1.165, 1.54) is 0 Å². The highest BCUT2D eigenvalue weighted by atomic mass is 16.7. The molecular formula is C13H13N3O3. The number of hydrogen-bond acceptors (Lipinski definition) is 6. The second kappa shape index (κ2) is 5.11. The minimum Gasteiger partial charge on any atom is -0.454 e. The van der Waals surface area contributed by atoms with E-state index >= 15 is 0 Å². The van der Waals surface area contributed by atoms with Gasteiger partial charge in [-0.2, -0.15) is 0 Å². The fourth-order valence-electron chi connectivity index (χ4n) is 1.83. The zero-order chi connectivity index (χ0) is 13.1. The van der Waals surface area contributed by atoms with Gasteiger partial charge in [0.2, 0.25) is 6.79 Å². The molecule has 6 heteroatoms. The van der Waals surface area contributed by atoms with Crippen LogP contribution in [-0.2, 0) is 0 Å². The van der Waals surface area contributed by atoms with Gasteiger partial charge < -0.3 is 19.9 Å². The first-order valence-corrected chi connectivity index (χ1v) is 5.93. The van der Waals surface area contributed by atoms with Crippen LogP contribution in [0.2, 0.25) is 0 Å². The molecule has 0 bridgehead atoms. The molecule has 19 heavy (non-hydrogen) atoms. The summed E-state index contributed by atoms with van der Waals surface area (Å²) in [7, 11) is 0. The van der Waals surface area contributed by atoms with Gasteiger partial charge in [-0.15, -0.1) is 0 Å². The molecule has 0 aliphatic carbocycles. The van der Waals surface area contributed by atoms with E-state index in [9.17, 15) is 0 Å². The largest absolute Gasteiger partial charge is 0.454 e. The van der Waals surface area contributed by atoms with Crippen LogP contribution in [0, 0.1) is 0 Å². The van der Waals surface area contributed by atoms with E-state index in [0.29, 0.717) is 18.1 Å². The lowest BCUT2D eigenvalue weighted by molar-refractivity contribution is 0.174. The van der Waals surface area contributed by atoms with Gasteiger partial charge in [-0.3, -0.25) is 4.98 Å². The number of nitrogens with zero attached hydrogens (tertiary/aromatic N) is 2. The fourth-order valence-corrected chi connectivity index (χ4v) is 1.83. The molecule has 2 aromatic rings. The van der Waals surface area contributed by atoms with Gasteiger partial charge in [0.1, 0.15) is 5.82 Å². The summed E-state index contributed by atoms with van der Waals surface area (Å²) >= 11 is 0. The molecule has 2 heterocycles. The SMILES string of the molecule is OCCNc1cncc(-c2ccc3c(c2)OCO3)n1. The van der Waals surface area contributed by atoms with Crippen LogP contribution >= 0.6 is 0 Å². The lowest BCUT2D eigenvalue weighted by atomic mass is 10.1. The molecule has 98 valence electrons. The Labute approximate surface area is 110 Å². The smallest absolute Gasteiger partial charge is 0.231 e. The van der Waals surface area contributed by atoms with Crippen LogP contribution < -0.4 is 14.8 Å². The normalized spacial score (nSPS) is 12.5. The predicted molar refractivity (Wildman–Crippen MR) is 69.2 cm³/mol. The third kappa shape index (κ3) is 2.43. The summed E-state index contributed by atoms with van der Waals surface area (Å²) in [6.07, 6.45) is 3.30. The Balaban J connectivity index is 1.89. The van der Waals surface area contributed by atoms with E-state index in [0.717, 1.165) is 17.0 Å². The average molecular weight is 259 g/mol. The highest BCUT2D eigenvalue weighted by molar-refractivity contribution is 5.64. The number of aromatic nitrogens is 2. The monoisotopic (exact) mass is 259 g/mol. The summed E-state index contributed by atoms with van der Waals surface area (Å²) in [5.74, 6) is 2.09. The van der Waals surface area contributed by atoms with Gasteiger partial charge in [0.15, 0.2) is 11.5 Å². The zero-order valence-electron chi connectivity index (χ0n) is 10.2. The predicted octanol–water partition coefficient (Wildman–Crippen LogP) is 1.28. The van der Waals surface area contributed by atoms with E-state index in [2.05, 4.69) is 15.3 Å². The highest BCUT2D eigenvalue weighted by Crippen LogP contribution is 2.35. The van der Waals surface area contributed by atoms with Gasteiger partial charge in [0.05, 0.1) is 24.7 Å². The summed E-state index contributed by atoms with van der Waals surface area (Å²) in [6.45, 7) is 0.748. The quantitative estimate of drug-likeness (QED) is 0.861. The molecule has 0 atom stereocenters. The maximum Gasteiger partial charge on any atom is 0.231 e. The number of ether oxygens (including phenoxy) is 2. The molecule has 1 aromatic heterocycles. The van der Waals surface area contributed by atoms with Crippen LogP contribution in [0.4, 0.5) is 5.82 Å². The van der Waals surface area contributed by atoms with Gasteiger partial charge >= 0.3 is 0 Å². The van der Waals surface area contributed by atoms with E-state index < -0.39 is 0 Å². The van der Waals surface area contributed by atoms with Crippen molar-refractivity contribution in [3.63, 3.8) is 0 Å². The Kier molecular flexibility index (Phi) is 3.16. The van der Waals surface area contributed by atoms with Gasteiger partial charge in [-0.05, 0) is 18.2 Å². The molecule has 1 aliphatic rings. The van der Waals surface area contributed by atoms with Crippen molar-refractivity contribution in [2.45, 2.75) is 0 Å². The molecule has 1 aliphatic heterocycles. The van der Waals surface area contributed by atoms with Crippen molar-refractivity contribution >= 4 is 5.82 Å². The van der Waals surface area contributed by atoms with Crippen molar-refractivity contribution in [1.29, 1.82) is 0 Å². The van der Waals surface area contributed by atoms with Crippen LogP contribution in [0.25, 0.3) is 11.3 Å². The van der Waals surface area contributed by atoms with Crippen LogP contribution in [0.3, 0.4) is 0 Å². The second-order valence-electron chi connectivity index (χ2n) is 4.01. The standard InChI is InChI=1S/C13H13N3O3/c17-4-3-15-13-7-14-6-10(16-13)9-1-2-11-12(5-9)19-8-18-11/h1-2,5-7,17H,3-4,8H2,(H,15,16). The first kappa shape index (κ1) is 11.7. The van der Waals surface area contributed by atoms with E-state index in [-0.39, 0.29) is 13.4 Å². The summed E-state index contributed by atoms with van der Waals surface area (Å²) in [5, 5.41) is 11.8. The first-order valence-electron chi connectivity index (χ1n) is 5.93. The van der Waals surface area contributed by atoms with Crippen LogP contribution in [-0.4, -0.2) is 35.0 Å².